The molecule has 5 heteroatoms. The number of hydrogen-bond acceptors (Lipinski definition) is 3. The van der Waals surface area contributed by atoms with Gasteiger partial charge in [-0.1, -0.05) is 18.2 Å². The van der Waals surface area contributed by atoms with Crippen molar-refractivity contribution < 1.29 is 13.9 Å². The maximum atomic E-state index is 13.4. The van der Waals surface area contributed by atoms with E-state index >= 15 is 0 Å². The highest BCUT2D eigenvalue weighted by Crippen LogP contribution is 2.23. The fraction of sp³-hybridized carbons (Fsp3) is 0.235. The Hall–Kier alpha value is -2.56. The number of anilines is 2. The molecule has 0 aliphatic carbocycles. The van der Waals surface area contributed by atoms with Crippen LogP contribution in [0.4, 0.5) is 15.8 Å². The monoisotopic (exact) mass is 302 g/mol. The average Bonchev–Trinajstić information content (AvgIpc) is 2.50. The van der Waals surface area contributed by atoms with Crippen molar-refractivity contribution in [3.05, 3.63) is 53.8 Å². The first kappa shape index (κ1) is 15.8. The molecule has 0 bridgehead atoms. The Labute approximate surface area is 129 Å². The van der Waals surface area contributed by atoms with Gasteiger partial charge in [0.25, 0.3) is 0 Å². The highest BCUT2D eigenvalue weighted by atomic mass is 19.1. The molecule has 116 valence electrons. The smallest absolute Gasteiger partial charge is 0.243 e. The summed E-state index contributed by atoms with van der Waals surface area (Å²) in [4.78, 5) is 11.9. The Morgan fingerprint density at radius 1 is 1.23 bits per heavy atom. The van der Waals surface area contributed by atoms with Crippen molar-refractivity contribution in [2.75, 3.05) is 23.8 Å². The van der Waals surface area contributed by atoms with Crippen LogP contribution in [-0.2, 0) is 4.79 Å². The quantitative estimate of drug-likeness (QED) is 0.857. The van der Waals surface area contributed by atoms with Crippen LogP contribution in [0.1, 0.15) is 12.5 Å². The van der Waals surface area contributed by atoms with Crippen LogP contribution in [-0.4, -0.2) is 19.1 Å². The van der Waals surface area contributed by atoms with Crippen molar-refractivity contribution in [2.24, 2.45) is 0 Å². The van der Waals surface area contributed by atoms with Crippen LogP contribution in [0.3, 0.4) is 0 Å². The second-order valence-corrected chi connectivity index (χ2v) is 4.79. The number of carbonyl (C=O) groups is 1. The van der Waals surface area contributed by atoms with Gasteiger partial charge in [-0.05, 0) is 43.7 Å². The molecule has 0 saturated carbocycles. The van der Waals surface area contributed by atoms with E-state index < -0.39 is 0 Å². The van der Waals surface area contributed by atoms with Gasteiger partial charge >= 0.3 is 0 Å². The molecule has 0 radical (unpaired) electrons. The van der Waals surface area contributed by atoms with E-state index in [9.17, 15) is 9.18 Å². The number of carbonyl (C=O) groups excluding carboxylic acids is 1. The molecule has 0 saturated heterocycles. The topological polar surface area (TPSA) is 50.4 Å². The van der Waals surface area contributed by atoms with Gasteiger partial charge < -0.3 is 15.4 Å². The Kier molecular flexibility index (Phi) is 5.36. The highest BCUT2D eigenvalue weighted by Gasteiger charge is 2.07. The third-order valence-electron chi connectivity index (χ3n) is 3.08. The molecule has 0 fully saturated rings. The Balaban J connectivity index is 1.94. The summed E-state index contributed by atoms with van der Waals surface area (Å²) in [6, 6.07) is 12.0. The number of aryl methyl sites for hydroxylation is 1. The van der Waals surface area contributed by atoms with E-state index in [2.05, 4.69) is 10.6 Å². The number of benzene rings is 2. The molecular formula is C17H19FN2O2. The van der Waals surface area contributed by atoms with Gasteiger partial charge in [0.05, 0.1) is 18.8 Å². The zero-order valence-corrected chi connectivity index (χ0v) is 12.7. The van der Waals surface area contributed by atoms with Crippen LogP contribution in [0.2, 0.25) is 0 Å². The molecule has 0 atom stereocenters. The van der Waals surface area contributed by atoms with Gasteiger partial charge in [0, 0.05) is 5.69 Å². The van der Waals surface area contributed by atoms with E-state index in [0.29, 0.717) is 23.6 Å². The minimum Gasteiger partial charge on any atom is -0.492 e. The summed E-state index contributed by atoms with van der Waals surface area (Å²) < 4.78 is 18.9. The summed E-state index contributed by atoms with van der Waals surface area (Å²) in [5.74, 6) is 0.0983. The molecule has 2 aromatic carbocycles. The predicted octanol–water partition coefficient (Wildman–Crippen LogP) is 3.58. The standard InChI is InChI=1S/C17H19FN2O2/c1-3-22-16-7-5-4-6-15(16)19-11-17(21)20-13-9-8-12(2)14(18)10-13/h4-10,19H,3,11H2,1-2H3,(H,20,21). The molecule has 2 aromatic rings. The Morgan fingerprint density at radius 3 is 2.73 bits per heavy atom. The normalized spacial score (nSPS) is 10.1. The van der Waals surface area contributed by atoms with Gasteiger partial charge in [-0.15, -0.1) is 0 Å². The fourth-order valence-corrected chi connectivity index (χ4v) is 1.95. The summed E-state index contributed by atoms with van der Waals surface area (Å²) in [5.41, 5.74) is 1.73. The number of nitrogens with one attached hydrogen (secondary N) is 2. The second-order valence-electron chi connectivity index (χ2n) is 4.79. The van der Waals surface area contributed by atoms with E-state index in [1.807, 2.05) is 31.2 Å². The largest absolute Gasteiger partial charge is 0.492 e. The Morgan fingerprint density at radius 2 is 2.00 bits per heavy atom. The minimum absolute atomic E-state index is 0.0690. The predicted molar refractivity (Wildman–Crippen MR) is 85.9 cm³/mol. The van der Waals surface area contributed by atoms with Crippen molar-refractivity contribution in [2.45, 2.75) is 13.8 Å². The first-order valence-electron chi connectivity index (χ1n) is 7.12. The van der Waals surface area contributed by atoms with E-state index in [1.165, 1.54) is 6.07 Å². The molecular weight excluding hydrogens is 283 g/mol. The SMILES string of the molecule is CCOc1ccccc1NCC(=O)Nc1ccc(C)c(F)c1. The molecule has 0 aliphatic heterocycles. The first-order chi connectivity index (χ1) is 10.6. The van der Waals surface area contributed by atoms with Crippen LogP contribution in [0.15, 0.2) is 42.5 Å². The van der Waals surface area contributed by atoms with Gasteiger partial charge in [0.15, 0.2) is 0 Å². The van der Waals surface area contributed by atoms with Crippen molar-refractivity contribution in [3.63, 3.8) is 0 Å². The Bertz CT molecular complexity index is 659. The summed E-state index contributed by atoms with van der Waals surface area (Å²) in [7, 11) is 0. The summed E-state index contributed by atoms with van der Waals surface area (Å²) in [5, 5.41) is 5.66. The highest BCUT2D eigenvalue weighted by molar-refractivity contribution is 5.93. The van der Waals surface area contributed by atoms with Crippen LogP contribution < -0.4 is 15.4 Å². The minimum atomic E-state index is -0.340. The number of amides is 1. The van der Waals surface area contributed by atoms with Crippen molar-refractivity contribution >= 4 is 17.3 Å². The summed E-state index contributed by atoms with van der Waals surface area (Å²) in [6.45, 7) is 4.19. The van der Waals surface area contributed by atoms with E-state index in [0.717, 1.165) is 5.69 Å². The molecule has 0 heterocycles. The zero-order valence-electron chi connectivity index (χ0n) is 12.7. The summed E-state index contributed by atoms with van der Waals surface area (Å²) in [6.07, 6.45) is 0. The first-order valence-corrected chi connectivity index (χ1v) is 7.12. The number of para-hydroxylation sites is 2. The van der Waals surface area contributed by atoms with Gasteiger partial charge in [-0.2, -0.15) is 0 Å². The molecule has 2 rings (SSSR count). The molecule has 22 heavy (non-hydrogen) atoms. The maximum absolute atomic E-state index is 13.4. The number of ether oxygens (including phenoxy) is 1. The van der Waals surface area contributed by atoms with E-state index in [4.69, 9.17) is 4.74 Å². The van der Waals surface area contributed by atoms with Crippen molar-refractivity contribution in [3.8, 4) is 5.75 Å². The molecule has 2 N–H and O–H groups in total. The number of rotatable bonds is 6. The molecule has 4 nitrogen and oxygen atoms in total. The summed E-state index contributed by atoms with van der Waals surface area (Å²) >= 11 is 0. The van der Waals surface area contributed by atoms with Gasteiger partial charge in [0.2, 0.25) is 5.91 Å². The zero-order chi connectivity index (χ0) is 15.9. The lowest BCUT2D eigenvalue weighted by Crippen LogP contribution is -2.22. The molecule has 0 spiro atoms. The molecule has 0 aromatic heterocycles. The van der Waals surface area contributed by atoms with Gasteiger partial charge in [-0.3, -0.25) is 4.79 Å². The molecule has 0 unspecified atom stereocenters. The lowest BCUT2D eigenvalue weighted by molar-refractivity contribution is -0.114. The molecule has 1 amide bonds. The maximum Gasteiger partial charge on any atom is 0.243 e. The fourth-order valence-electron chi connectivity index (χ4n) is 1.95. The molecule has 0 aliphatic rings. The van der Waals surface area contributed by atoms with Crippen LogP contribution in [0.5, 0.6) is 5.75 Å². The number of hydrogen-bond donors (Lipinski definition) is 2. The third kappa shape index (κ3) is 4.22. The van der Waals surface area contributed by atoms with Gasteiger partial charge in [0.1, 0.15) is 11.6 Å². The van der Waals surface area contributed by atoms with Crippen molar-refractivity contribution in [1.29, 1.82) is 0 Å². The van der Waals surface area contributed by atoms with E-state index in [-0.39, 0.29) is 18.3 Å². The van der Waals surface area contributed by atoms with Crippen LogP contribution in [0, 0.1) is 12.7 Å². The number of halogens is 1. The van der Waals surface area contributed by atoms with E-state index in [1.54, 1.807) is 19.1 Å². The van der Waals surface area contributed by atoms with Crippen LogP contribution >= 0.6 is 0 Å². The van der Waals surface area contributed by atoms with Crippen LogP contribution in [0.25, 0.3) is 0 Å². The lowest BCUT2D eigenvalue weighted by atomic mass is 10.2. The lowest BCUT2D eigenvalue weighted by Gasteiger charge is -2.12. The van der Waals surface area contributed by atoms with Gasteiger partial charge in [-0.25, -0.2) is 4.39 Å². The van der Waals surface area contributed by atoms with Crippen molar-refractivity contribution in [1.82, 2.24) is 0 Å². The average molecular weight is 302 g/mol. The third-order valence-corrected chi connectivity index (χ3v) is 3.08. The second kappa shape index (κ2) is 7.45.